The first kappa shape index (κ1) is 22.7. The molecule has 0 saturated carbocycles. The molecule has 1 aliphatic rings. The molecule has 1 amide bonds. The molecule has 0 atom stereocenters. The summed E-state index contributed by atoms with van der Waals surface area (Å²) in [5.74, 6) is -6.32. The van der Waals surface area contributed by atoms with Gasteiger partial charge in [-0.1, -0.05) is 0 Å². The second-order valence-corrected chi connectivity index (χ2v) is 7.07. The van der Waals surface area contributed by atoms with Gasteiger partial charge >= 0.3 is 12.1 Å². The van der Waals surface area contributed by atoms with E-state index in [1.54, 1.807) is 6.07 Å². The summed E-state index contributed by atoms with van der Waals surface area (Å²) in [4.78, 5) is 22.9. The molecule has 6 nitrogen and oxygen atoms in total. The van der Waals surface area contributed by atoms with Gasteiger partial charge in [-0.3, -0.25) is 9.69 Å². The molecule has 0 radical (unpaired) electrons. The molecule has 3 rings (SSSR count). The highest BCUT2D eigenvalue weighted by molar-refractivity contribution is 6.09. The molecule has 0 N–H and O–H groups in total. The lowest BCUT2D eigenvalue weighted by atomic mass is 10.1. The normalized spacial score (nSPS) is 15.0. The molecule has 0 bridgehead atoms. The molecule has 1 aliphatic heterocycles. The van der Waals surface area contributed by atoms with Crippen LogP contribution in [0.3, 0.4) is 0 Å². The molecule has 2 heterocycles. The van der Waals surface area contributed by atoms with Gasteiger partial charge in [0.25, 0.3) is 5.91 Å². The minimum atomic E-state index is -5.84. The van der Waals surface area contributed by atoms with Crippen molar-refractivity contribution in [3.05, 3.63) is 42.2 Å². The zero-order valence-corrected chi connectivity index (χ0v) is 16.7. The van der Waals surface area contributed by atoms with Gasteiger partial charge in [0.1, 0.15) is 12.3 Å². The van der Waals surface area contributed by atoms with E-state index in [9.17, 15) is 26.7 Å². The molecular formula is C20H21F5N4O2. The van der Waals surface area contributed by atoms with Crippen LogP contribution in [0.1, 0.15) is 29.6 Å². The Morgan fingerprint density at radius 1 is 1.10 bits per heavy atom. The van der Waals surface area contributed by atoms with Crippen molar-refractivity contribution in [2.24, 2.45) is 0 Å². The van der Waals surface area contributed by atoms with E-state index < -0.39 is 30.5 Å². The maximum atomic E-state index is 13.9. The zero-order valence-electron chi connectivity index (χ0n) is 16.7. The number of methoxy groups -OCH3 is 1. The van der Waals surface area contributed by atoms with E-state index in [1.165, 1.54) is 25.3 Å². The van der Waals surface area contributed by atoms with Gasteiger partial charge < -0.3 is 9.64 Å². The van der Waals surface area contributed by atoms with E-state index in [4.69, 9.17) is 4.74 Å². The number of rotatable bonds is 6. The lowest BCUT2D eigenvalue weighted by molar-refractivity contribution is -0.276. The Hall–Kier alpha value is -2.98. The number of aromatic nitrogens is 2. The topological polar surface area (TPSA) is 58.6 Å². The number of alkyl halides is 5. The summed E-state index contributed by atoms with van der Waals surface area (Å²) in [6, 6.07) is 5.74. The van der Waals surface area contributed by atoms with Crippen molar-refractivity contribution < 1.29 is 31.5 Å². The average Bonchev–Trinajstić information content (AvgIpc) is 2.77. The number of halogens is 5. The van der Waals surface area contributed by atoms with Crippen LogP contribution in [-0.2, 0) is 0 Å². The maximum absolute atomic E-state index is 13.9. The SMILES string of the molecule is COc1ccc(C(=O)N(CC(F)(F)C(F)(F)F)c2ncccn2)c(N2CCCCC2)c1. The van der Waals surface area contributed by atoms with Gasteiger partial charge in [0, 0.05) is 31.5 Å². The lowest BCUT2D eigenvalue weighted by Crippen LogP contribution is -2.49. The summed E-state index contributed by atoms with van der Waals surface area (Å²) < 4.78 is 71.7. The third kappa shape index (κ3) is 5.02. The van der Waals surface area contributed by atoms with E-state index in [2.05, 4.69) is 9.97 Å². The first-order chi connectivity index (χ1) is 14.6. The highest BCUT2D eigenvalue weighted by atomic mass is 19.4. The number of benzene rings is 1. The van der Waals surface area contributed by atoms with E-state index in [0.29, 0.717) is 24.5 Å². The largest absolute Gasteiger partial charge is 0.497 e. The van der Waals surface area contributed by atoms with Gasteiger partial charge in [0.15, 0.2) is 0 Å². The van der Waals surface area contributed by atoms with Crippen LogP contribution in [0.15, 0.2) is 36.7 Å². The second-order valence-electron chi connectivity index (χ2n) is 7.07. The number of hydrogen-bond acceptors (Lipinski definition) is 5. The van der Waals surface area contributed by atoms with Crippen molar-refractivity contribution in [1.82, 2.24) is 9.97 Å². The van der Waals surface area contributed by atoms with E-state index >= 15 is 0 Å². The number of hydrogen-bond donors (Lipinski definition) is 0. The Bertz CT molecular complexity index is 902. The van der Waals surface area contributed by atoms with Gasteiger partial charge in [-0.25, -0.2) is 9.97 Å². The van der Waals surface area contributed by atoms with Crippen LogP contribution in [0.4, 0.5) is 33.6 Å². The first-order valence-corrected chi connectivity index (χ1v) is 9.60. The van der Waals surface area contributed by atoms with Crippen molar-refractivity contribution in [2.75, 3.05) is 36.5 Å². The Morgan fingerprint density at radius 3 is 2.32 bits per heavy atom. The van der Waals surface area contributed by atoms with Crippen LogP contribution in [-0.4, -0.2) is 54.7 Å². The fourth-order valence-corrected chi connectivity index (χ4v) is 3.31. The Labute approximate surface area is 175 Å². The van der Waals surface area contributed by atoms with Crippen molar-refractivity contribution in [3.8, 4) is 5.75 Å². The summed E-state index contributed by atoms with van der Waals surface area (Å²) in [5.41, 5.74) is 0.369. The lowest BCUT2D eigenvalue weighted by Gasteiger charge is -2.32. The fourth-order valence-electron chi connectivity index (χ4n) is 3.31. The minimum Gasteiger partial charge on any atom is -0.497 e. The van der Waals surface area contributed by atoms with Gasteiger partial charge in [-0.15, -0.1) is 0 Å². The Kier molecular flexibility index (Phi) is 6.61. The number of anilines is 2. The molecule has 0 spiro atoms. The molecule has 1 aromatic heterocycles. The maximum Gasteiger partial charge on any atom is 0.455 e. The quantitative estimate of drug-likeness (QED) is 0.622. The molecule has 168 valence electrons. The van der Waals surface area contributed by atoms with Crippen LogP contribution in [0, 0.1) is 0 Å². The molecule has 2 aromatic rings. The summed E-state index contributed by atoms with van der Waals surface area (Å²) in [7, 11) is 1.44. The van der Waals surface area contributed by atoms with Crippen LogP contribution in [0.5, 0.6) is 5.75 Å². The molecule has 0 aliphatic carbocycles. The number of nitrogens with zero attached hydrogens (tertiary/aromatic N) is 4. The summed E-state index contributed by atoms with van der Waals surface area (Å²) in [6.45, 7) is -0.702. The number of ether oxygens (including phenoxy) is 1. The van der Waals surface area contributed by atoms with Crippen molar-refractivity contribution in [1.29, 1.82) is 0 Å². The molecule has 1 saturated heterocycles. The molecule has 11 heteroatoms. The van der Waals surface area contributed by atoms with E-state index in [-0.39, 0.29) is 10.5 Å². The van der Waals surface area contributed by atoms with Crippen molar-refractivity contribution >= 4 is 17.5 Å². The summed E-state index contributed by atoms with van der Waals surface area (Å²) in [6.07, 6.45) is -0.783. The Morgan fingerprint density at radius 2 is 1.74 bits per heavy atom. The van der Waals surface area contributed by atoms with E-state index in [0.717, 1.165) is 31.7 Å². The number of amides is 1. The third-order valence-electron chi connectivity index (χ3n) is 4.94. The van der Waals surface area contributed by atoms with Gasteiger partial charge in [-0.05, 0) is 37.5 Å². The summed E-state index contributed by atoms with van der Waals surface area (Å²) in [5, 5.41) is 0. The van der Waals surface area contributed by atoms with Crippen molar-refractivity contribution in [2.45, 2.75) is 31.4 Å². The molecule has 31 heavy (non-hydrogen) atoms. The highest BCUT2D eigenvalue weighted by Crippen LogP contribution is 2.37. The van der Waals surface area contributed by atoms with Gasteiger partial charge in [0.2, 0.25) is 5.95 Å². The van der Waals surface area contributed by atoms with Crippen molar-refractivity contribution in [3.63, 3.8) is 0 Å². The number of carbonyl (C=O) groups is 1. The average molecular weight is 444 g/mol. The first-order valence-electron chi connectivity index (χ1n) is 9.60. The highest BCUT2D eigenvalue weighted by Gasteiger charge is 2.59. The van der Waals surface area contributed by atoms with Gasteiger partial charge in [0.05, 0.1) is 18.4 Å². The molecular weight excluding hydrogens is 423 g/mol. The fraction of sp³-hybridized carbons (Fsp3) is 0.450. The van der Waals surface area contributed by atoms with Crippen LogP contribution in [0.25, 0.3) is 0 Å². The standard InChI is InChI=1S/C20H21F5N4O2/c1-31-14-6-7-15(16(12-14)28-10-3-2-4-11-28)17(30)29(18-26-8-5-9-27-18)13-19(21,22)20(23,24)25/h5-9,12H,2-4,10-11,13H2,1H3. The predicted molar refractivity (Wildman–Crippen MR) is 104 cm³/mol. The van der Waals surface area contributed by atoms with E-state index in [1.807, 2.05) is 4.90 Å². The molecule has 1 aromatic carbocycles. The van der Waals surface area contributed by atoms with Crippen LogP contribution >= 0.6 is 0 Å². The molecule has 1 fully saturated rings. The summed E-state index contributed by atoms with van der Waals surface area (Å²) >= 11 is 0. The number of carbonyl (C=O) groups excluding carboxylic acids is 1. The second kappa shape index (κ2) is 9.03. The predicted octanol–water partition coefficient (Wildman–Crippen LogP) is 4.32. The smallest absolute Gasteiger partial charge is 0.455 e. The molecule has 0 unspecified atom stereocenters. The minimum absolute atomic E-state index is 0.0341. The monoisotopic (exact) mass is 444 g/mol. The number of piperidine rings is 1. The van der Waals surface area contributed by atoms with Crippen LogP contribution in [0.2, 0.25) is 0 Å². The zero-order chi connectivity index (χ0) is 22.6. The van der Waals surface area contributed by atoms with Gasteiger partial charge in [-0.2, -0.15) is 22.0 Å². The van der Waals surface area contributed by atoms with Crippen LogP contribution < -0.4 is 14.5 Å². The Balaban J connectivity index is 2.05. The third-order valence-corrected chi connectivity index (χ3v) is 4.94.